The first kappa shape index (κ1) is 22.3. The van der Waals surface area contributed by atoms with Gasteiger partial charge in [0.1, 0.15) is 11.5 Å². The first-order chi connectivity index (χ1) is 17.1. The molecule has 178 valence electrons. The lowest BCUT2D eigenvalue weighted by molar-refractivity contribution is -0.136. The fourth-order valence-electron chi connectivity index (χ4n) is 5.67. The van der Waals surface area contributed by atoms with E-state index in [9.17, 15) is 9.18 Å². The van der Waals surface area contributed by atoms with Crippen LogP contribution in [0.3, 0.4) is 0 Å². The number of imidazole rings is 1. The number of halogens is 2. The zero-order chi connectivity index (χ0) is 23.9. The van der Waals surface area contributed by atoms with Crippen LogP contribution in [0.2, 0.25) is 5.02 Å². The Labute approximate surface area is 208 Å². The normalized spacial score (nSPS) is 20.0. The van der Waals surface area contributed by atoms with Crippen LogP contribution in [0.15, 0.2) is 72.9 Å². The number of pyridine rings is 1. The molecule has 2 aliphatic rings. The summed E-state index contributed by atoms with van der Waals surface area (Å²) in [4.78, 5) is 22.5. The number of carbonyl (C=O) groups is 1. The Morgan fingerprint density at radius 3 is 2.43 bits per heavy atom. The van der Waals surface area contributed by atoms with Crippen LogP contribution in [0.4, 0.5) is 4.39 Å². The van der Waals surface area contributed by atoms with Crippen LogP contribution >= 0.6 is 11.6 Å². The van der Waals surface area contributed by atoms with E-state index in [1.54, 1.807) is 18.2 Å². The fraction of sp³-hybridized carbons (Fsp3) is 0.286. The predicted octanol–water partition coefficient (Wildman–Crippen LogP) is 5.21. The fourth-order valence-corrected chi connectivity index (χ4v) is 5.80. The summed E-state index contributed by atoms with van der Waals surface area (Å²) in [5.74, 6) is -0.284. The van der Waals surface area contributed by atoms with E-state index in [1.807, 2.05) is 47.4 Å². The number of rotatable bonds is 5. The molecule has 2 unspecified atom stereocenters. The zero-order valence-corrected chi connectivity index (χ0v) is 20.0. The minimum atomic E-state index is -0.311. The molecule has 2 aliphatic heterocycles. The first-order valence-corrected chi connectivity index (χ1v) is 12.4. The van der Waals surface area contributed by atoms with Crippen LogP contribution in [-0.4, -0.2) is 50.3 Å². The van der Waals surface area contributed by atoms with Gasteiger partial charge in [-0.05, 0) is 48.7 Å². The van der Waals surface area contributed by atoms with Crippen molar-refractivity contribution in [3.05, 3.63) is 95.0 Å². The molecule has 0 spiro atoms. The number of aromatic nitrogens is 2. The number of piperazine rings is 1. The maximum absolute atomic E-state index is 14.1. The molecule has 2 bridgehead atoms. The second kappa shape index (κ2) is 9.10. The van der Waals surface area contributed by atoms with Crippen molar-refractivity contribution in [2.24, 2.45) is 0 Å². The molecular formula is C28H26ClFN4O. The highest BCUT2D eigenvalue weighted by Gasteiger charge is 2.42. The maximum Gasteiger partial charge on any atom is 0.227 e. The van der Waals surface area contributed by atoms with Gasteiger partial charge in [-0.3, -0.25) is 9.69 Å². The summed E-state index contributed by atoms with van der Waals surface area (Å²) in [6.07, 6.45) is 4.15. The van der Waals surface area contributed by atoms with Crippen LogP contribution in [0.5, 0.6) is 0 Å². The molecule has 0 aliphatic carbocycles. The largest absolute Gasteiger partial charge is 0.334 e. The number of hydrogen-bond donors (Lipinski definition) is 0. The molecule has 0 saturated carbocycles. The Bertz CT molecular complexity index is 1370. The van der Waals surface area contributed by atoms with Crippen LogP contribution in [0.1, 0.15) is 24.1 Å². The molecule has 0 radical (unpaired) electrons. The molecule has 1 amide bonds. The number of benzene rings is 2. The smallest absolute Gasteiger partial charge is 0.227 e. The minimum absolute atomic E-state index is 0.0268. The number of carbonyl (C=O) groups excluding carboxylic acids is 1. The van der Waals surface area contributed by atoms with Gasteiger partial charge in [-0.25, -0.2) is 9.37 Å². The van der Waals surface area contributed by atoms with Crippen molar-refractivity contribution in [3.8, 4) is 11.3 Å². The summed E-state index contributed by atoms with van der Waals surface area (Å²) in [5, 5.41) is 0.701. The lowest BCUT2D eigenvalue weighted by atomic mass is 10.1. The summed E-state index contributed by atoms with van der Waals surface area (Å²) in [7, 11) is 0. The van der Waals surface area contributed by atoms with E-state index in [1.165, 1.54) is 6.07 Å². The third-order valence-corrected chi connectivity index (χ3v) is 7.52. The van der Waals surface area contributed by atoms with Crippen molar-refractivity contribution in [2.75, 3.05) is 13.1 Å². The second-order valence-corrected chi connectivity index (χ2v) is 9.93. The molecule has 2 atom stereocenters. The van der Waals surface area contributed by atoms with Gasteiger partial charge in [-0.1, -0.05) is 48.0 Å². The molecule has 4 aromatic rings. The van der Waals surface area contributed by atoms with Gasteiger partial charge in [0.25, 0.3) is 0 Å². The molecule has 2 fully saturated rings. The topological polar surface area (TPSA) is 40.9 Å². The van der Waals surface area contributed by atoms with Gasteiger partial charge >= 0.3 is 0 Å². The number of likely N-dealkylation sites (tertiary alicyclic amines) is 1. The van der Waals surface area contributed by atoms with Crippen molar-refractivity contribution in [1.29, 1.82) is 0 Å². The molecule has 5 nitrogen and oxygen atoms in total. The van der Waals surface area contributed by atoms with Gasteiger partial charge in [0.05, 0.1) is 17.8 Å². The van der Waals surface area contributed by atoms with Crippen LogP contribution in [0.25, 0.3) is 16.9 Å². The molecule has 2 aromatic carbocycles. The summed E-state index contributed by atoms with van der Waals surface area (Å²) in [6, 6.07) is 20.7. The highest BCUT2D eigenvalue weighted by Crippen LogP contribution is 2.33. The molecular weight excluding hydrogens is 463 g/mol. The number of hydrogen-bond acceptors (Lipinski definition) is 3. The number of fused-ring (bicyclic) bond motifs is 3. The SMILES string of the molecule is O=C(Cc1ccccc1F)N1C2CCC1CN(Cc1c(-c3ccc(Cl)cc3)nc3ccccn13)C2. The van der Waals surface area contributed by atoms with E-state index in [2.05, 4.69) is 15.5 Å². The van der Waals surface area contributed by atoms with Gasteiger partial charge in [-0.15, -0.1) is 0 Å². The van der Waals surface area contributed by atoms with E-state index in [0.29, 0.717) is 10.6 Å². The standard InChI is InChI=1S/C28H26ClFN4O/c29-21-10-8-19(9-11-21)28-25(33-14-4-3-7-26(33)31-28)18-32-16-22-12-13-23(17-32)34(22)27(35)15-20-5-1-2-6-24(20)30/h1-11,14,22-23H,12-13,15-18H2. The number of amides is 1. The van der Waals surface area contributed by atoms with Gasteiger partial charge < -0.3 is 9.30 Å². The van der Waals surface area contributed by atoms with Crippen LogP contribution < -0.4 is 0 Å². The zero-order valence-electron chi connectivity index (χ0n) is 19.3. The molecule has 7 heteroatoms. The van der Waals surface area contributed by atoms with Gasteiger partial charge in [-0.2, -0.15) is 0 Å². The Morgan fingerprint density at radius 2 is 1.69 bits per heavy atom. The minimum Gasteiger partial charge on any atom is -0.334 e. The maximum atomic E-state index is 14.1. The third kappa shape index (κ3) is 4.21. The molecule has 2 saturated heterocycles. The molecule has 35 heavy (non-hydrogen) atoms. The molecule has 6 rings (SSSR count). The average Bonchev–Trinajstić information content (AvgIpc) is 3.35. The van der Waals surface area contributed by atoms with Crippen LogP contribution in [0, 0.1) is 5.82 Å². The summed E-state index contributed by atoms with van der Waals surface area (Å²) >= 11 is 6.12. The average molecular weight is 489 g/mol. The molecule has 0 N–H and O–H groups in total. The van der Waals surface area contributed by atoms with Crippen molar-refractivity contribution >= 4 is 23.2 Å². The van der Waals surface area contributed by atoms with Gasteiger partial charge in [0.15, 0.2) is 0 Å². The van der Waals surface area contributed by atoms with Crippen molar-refractivity contribution in [3.63, 3.8) is 0 Å². The highest BCUT2D eigenvalue weighted by molar-refractivity contribution is 6.30. The second-order valence-electron chi connectivity index (χ2n) is 9.49. The lowest BCUT2D eigenvalue weighted by Gasteiger charge is -2.41. The third-order valence-electron chi connectivity index (χ3n) is 7.27. The Balaban J connectivity index is 1.24. The van der Waals surface area contributed by atoms with Crippen LogP contribution in [-0.2, 0) is 17.8 Å². The predicted molar refractivity (Wildman–Crippen MR) is 135 cm³/mol. The Morgan fingerprint density at radius 1 is 0.971 bits per heavy atom. The van der Waals surface area contributed by atoms with Crippen molar-refractivity contribution < 1.29 is 9.18 Å². The summed E-state index contributed by atoms with van der Waals surface area (Å²) in [6.45, 7) is 2.35. The van der Waals surface area contributed by atoms with E-state index < -0.39 is 0 Å². The van der Waals surface area contributed by atoms with E-state index in [0.717, 1.165) is 55.1 Å². The van der Waals surface area contributed by atoms with Crippen molar-refractivity contribution in [2.45, 2.75) is 37.9 Å². The van der Waals surface area contributed by atoms with Gasteiger partial charge in [0.2, 0.25) is 5.91 Å². The monoisotopic (exact) mass is 488 g/mol. The lowest BCUT2D eigenvalue weighted by Crippen LogP contribution is -2.55. The molecule has 4 heterocycles. The first-order valence-electron chi connectivity index (χ1n) is 12.1. The van der Waals surface area contributed by atoms with Gasteiger partial charge in [0, 0.05) is 48.5 Å². The van der Waals surface area contributed by atoms with E-state index in [4.69, 9.17) is 16.6 Å². The molecule has 2 aromatic heterocycles. The van der Waals surface area contributed by atoms with E-state index >= 15 is 0 Å². The van der Waals surface area contributed by atoms with E-state index in [-0.39, 0.29) is 30.2 Å². The summed E-state index contributed by atoms with van der Waals surface area (Å²) < 4.78 is 16.3. The Hall–Kier alpha value is -3.22. The number of nitrogens with zero attached hydrogens (tertiary/aromatic N) is 4. The van der Waals surface area contributed by atoms with Crippen molar-refractivity contribution in [1.82, 2.24) is 19.2 Å². The Kier molecular flexibility index (Phi) is 5.78. The highest BCUT2D eigenvalue weighted by atomic mass is 35.5. The quantitative estimate of drug-likeness (QED) is 0.387. The summed E-state index contributed by atoms with van der Waals surface area (Å²) in [5.41, 5.74) is 4.51.